The number of pyridine rings is 1. The molecular formula is C14H19N3O2. The fraction of sp³-hybridized carbons (Fsp3) is 0.571. The Balaban J connectivity index is 2.11. The van der Waals surface area contributed by atoms with Crippen molar-refractivity contribution in [2.75, 3.05) is 0 Å². The Bertz CT molecular complexity index is 496. The monoisotopic (exact) mass is 261 g/mol. The van der Waals surface area contributed by atoms with Crippen molar-refractivity contribution in [1.82, 2.24) is 10.3 Å². The molecule has 19 heavy (non-hydrogen) atoms. The maximum absolute atomic E-state index is 10.0. The van der Waals surface area contributed by atoms with Crippen LogP contribution in [-0.2, 0) is 13.2 Å². The van der Waals surface area contributed by atoms with Gasteiger partial charge in [-0.2, -0.15) is 5.26 Å². The third kappa shape index (κ3) is 2.86. The van der Waals surface area contributed by atoms with Crippen LogP contribution in [0.4, 0.5) is 0 Å². The molecule has 5 nitrogen and oxygen atoms in total. The zero-order chi connectivity index (χ0) is 13.8. The predicted octanol–water partition coefficient (Wildman–Crippen LogP) is 1.37. The molecule has 2 rings (SSSR count). The van der Waals surface area contributed by atoms with Crippen molar-refractivity contribution in [3.63, 3.8) is 0 Å². The number of aryl methyl sites for hydroxylation is 1. The maximum Gasteiger partial charge on any atom is 0.141 e. The summed E-state index contributed by atoms with van der Waals surface area (Å²) < 4.78 is 0. The van der Waals surface area contributed by atoms with Gasteiger partial charge >= 0.3 is 0 Å². The van der Waals surface area contributed by atoms with Crippen LogP contribution in [0, 0.1) is 24.2 Å². The Labute approximate surface area is 112 Å². The molecule has 2 unspecified atom stereocenters. The summed E-state index contributed by atoms with van der Waals surface area (Å²) in [4.78, 5) is 4.03. The van der Waals surface area contributed by atoms with Crippen LogP contribution in [0.25, 0.3) is 0 Å². The number of hydrogen-bond donors (Lipinski definition) is 3. The Hall–Kier alpha value is -1.64. The molecule has 0 bridgehead atoms. The van der Waals surface area contributed by atoms with Crippen molar-refractivity contribution in [3.05, 3.63) is 23.0 Å². The van der Waals surface area contributed by atoms with E-state index in [2.05, 4.69) is 16.4 Å². The van der Waals surface area contributed by atoms with Crippen LogP contribution >= 0.6 is 0 Å². The van der Waals surface area contributed by atoms with Crippen molar-refractivity contribution in [3.8, 4) is 11.8 Å². The molecule has 1 aromatic heterocycles. The van der Waals surface area contributed by atoms with Gasteiger partial charge in [-0.3, -0.25) is 4.98 Å². The number of aliphatic hydroxyl groups excluding tert-OH is 1. The van der Waals surface area contributed by atoms with E-state index in [4.69, 9.17) is 5.26 Å². The second kappa shape index (κ2) is 6.00. The van der Waals surface area contributed by atoms with Crippen LogP contribution in [0.2, 0.25) is 0 Å². The van der Waals surface area contributed by atoms with Crippen molar-refractivity contribution in [2.24, 2.45) is 5.92 Å². The first-order valence-electron chi connectivity index (χ1n) is 6.57. The van der Waals surface area contributed by atoms with Crippen molar-refractivity contribution in [2.45, 2.75) is 45.4 Å². The molecule has 0 radical (unpaired) electrons. The zero-order valence-corrected chi connectivity index (χ0v) is 11.1. The van der Waals surface area contributed by atoms with Gasteiger partial charge in [-0.25, -0.2) is 0 Å². The standard InChI is InChI=1S/C14H19N3O2/c1-9-14(19)12(11(8-18)6-16-9)7-17-13-4-2-3-10(13)5-15/h6,10,13,17-19H,2-4,7-8H2,1H3. The second-order valence-electron chi connectivity index (χ2n) is 5.01. The van der Waals surface area contributed by atoms with Crippen molar-refractivity contribution < 1.29 is 10.2 Å². The first kappa shape index (κ1) is 13.8. The Morgan fingerprint density at radius 2 is 2.32 bits per heavy atom. The molecule has 0 saturated heterocycles. The lowest BCUT2D eigenvalue weighted by molar-refractivity contribution is 0.278. The van der Waals surface area contributed by atoms with E-state index in [1.165, 1.54) is 0 Å². The van der Waals surface area contributed by atoms with Gasteiger partial charge in [0.2, 0.25) is 0 Å². The average Bonchev–Trinajstić information content (AvgIpc) is 2.87. The van der Waals surface area contributed by atoms with E-state index in [0.29, 0.717) is 23.4 Å². The summed E-state index contributed by atoms with van der Waals surface area (Å²) >= 11 is 0. The highest BCUT2D eigenvalue weighted by Crippen LogP contribution is 2.27. The van der Waals surface area contributed by atoms with Gasteiger partial charge < -0.3 is 15.5 Å². The summed E-state index contributed by atoms with van der Waals surface area (Å²) in [7, 11) is 0. The summed E-state index contributed by atoms with van der Waals surface area (Å²) in [5, 5.41) is 31.7. The number of nitriles is 1. The van der Waals surface area contributed by atoms with Gasteiger partial charge in [-0.05, 0) is 19.8 Å². The quantitative estimate of drug-likeness (QED) is 0.761. The summed E-state index contributed by atoms with van der Waals surface area (Å²) in [5.74, 6) is 0.174. The van der Waals surface area contributed by atoms with Crippen LogP contribution in [0.1, 0.15) is 36.1 Å². The Kier molecular flexibility index (Phi) is 4.35. The third-order valence-electron chi connectivity index (χ3n) is 3.82. The lowest BCUT2D eigenvalue weighted by Gasteiger charge is -2.18. The summed E-state index contributed by atoms with van der Waals surface area (Å²) in [5.41, 5.74) is 1.86. The minimum atomic E-state index is -0.149. The molecule has 1 heterocycles. The highest BCUT2D eigenvalue weighted by atomic mass is 16.3. The molecule has 2 atom stereocenters. The molecule has 3 N–H and O–H groups in total. The predicted molar refractivity (Wildman–Crippen MR) is 70.1 cm³/mol. The summed E-state index contributed by atoms with van der Waals surface area (Å²) in [6.07, 6.45) is 4.56. The number of aromatic hydroxyl groups is 1. The average molecular weight is 261 g/mol. The zero-order valence-electron chi connectivity index (χ0n) is 11.1. The van der Waals surface area contributed by atoms with Gasteiger partial charge in [0.15, 0.2) is 0 Å². The third-order valence-corrected chi connectivity index (χ3v) is 3.82. The van der Waals surface area contributed by atoms with E-state index in [1.54, 1.807) is 13.1 Å². The molecule has 0 aromatic carbocycles. The lowest BCUT2D eigenvalue weighted by Crippen LogP contribution is -2.31. The second-order valence-corrected chi connectivity index (χ2v) is 5.01. The van der Waals surface area contributed by atoms with Crippen LogP contribution in [0.15, 0.2) is 6.20 Å². The van der Waals surface area contributed by atoms with E-state index < -0.39 is 0 Å². The molecule has 0 spiro atoms. The minimum absolute atomic E-state index is 0.0441. The van der Waals surface area contributed by atoms with E-state index in [-0.39, 0.29) is 24.3 Å². The fourth-order valence-corrected chi connectivity index (χ4v) is 2.61. The first-order valence-corrected chi connectivity index (χ1v) is 6.57. The van der Waals surface area contributed by atoms with Gasteiger partial charge in [0.05, 0.1) is 24.3 Å². The van der Waals surface area contributed by atoms with Gasteiger partial charge in [-0.15, -0.1) is 0 Å². The lowest BCUT2D eigenvalue weighted by atomic mass is 10.0. The SMILES string of the molecule is Cc1ncc(CO)c(CNC2CCCC2C#N)c1O. The molecule has 1 aliphatic carbocycles. The van der Waals surface area contributed by atoms with Crippen LogP contribution in [0.5, 0.6) is 5.75 Å². The minimum Gasteiger partial charge on any atom is -0.506 e. The van der Waals surface area contributed by atoms with E-state index in [1.807, 2.05) is 0 Å². The number of hydrogen-bond acceptors (Lipinski definition) is 5. The van der Waals surface area contributed by atoms with Gasteiger partial charge in [0.25, 0.3) is 0 Å². The van der Waals surface area contributed by atoms with E-state index >= 15 is 0 Å². The highest BCUT2D eigenvalue weighted by molar-refractivity contribution is 5.40. The number of nitrogens with one attached hydrogen (secondary N) is 1. The molecule has 0 amide bonds. The number of aromatic nitrogens is 1. The number of rotatable bonds is 4. The molecule has 1 saturated carbocycles. The largest absolute Gasteiger partial charge is 0.506 e. The topological polar surface area (TPSA) is 89.2 Å². The van der Waals surface area contributed by atoms with Crippen molar-refractivity contribution in [1.29, 1.82) is 5.26 Å². The van der Waals surface area contributed by atoms with Crippen LogP contribution in [-0.4, -0.2) is 21.2 Å². The first-order chi connectivity index (χ1) is 9.17. The van der Waals surface area contributed by atoms with Gasteiger partial charge in [0.1, 0.15) is 5.75 Å². The molecule has 5 heteroatoms. The fourth-order valence-electron chi connectivity index (χ4n) is 2.61. The van der Waals surface area contributed by atoms with Crippen LogP contribution in [0.3, 0.4) is 0 Å². The molecular weight excluding hydrogens is 242 g/mol. The van der Waals surface area contributed by atoms with Crippen LogP contribution < -0.4 is 5.32 Å². The number of aliphatic hydroxyl groups is 1. The molecule has 0 aliphatic heterocycles. The van der Waals surface area contributed by atoms with E-state index in [0.717, 1.165) is 19.3 Å². The van der Waals surface area contributed by atoms with Gasteiger partial charge in [0, 0.05) is 29.9 Å². The molecule has 102 valence electrons. The van der Waals surface area contributed by atoms with Crippen molar-refractivity contribution >= 4 is 0 Å². The van der Waals surface area contributed by atoms with E-state index in [9.17, 15) is 10.2 Å². The number of nitrogens with zero attached hydrogens (tertiary/aromatic N) is 2. The Morgan fingerprint density at radius 3 is 3.00 bits per heavy atom. The molecule has 1 aliphatic rings. The smallest absolute Gasteiger partial charge is 0.141 e. The highest BCUT2D eigenvalue weighted by Gasteiger charge is 2.27. The Morgan fingerprint density at radius 1 is 1.53 bits per heavy atom. The summed E-state index contributed by atoms with van der Waals surface area (Å²) in [6.45, 7) is 2.03. The summed E-state index contributed by atoms with van der Waals surface area (Å²) in [6, 6.07) is 2.49. The maximum atomic E-state index is 10.0. The van der Waals surface area contributed by atoms with Gasteiger partial charge in [-0.1, -0.05) is 6.42 Å². The molecule has 1 fully saturated rings. The molecule has 1 aromatic rings. The normalized spacial score (nSPS) is 22.4.